The van der Waals surface area contributed by atoms with Crippen LogP contribution in [0.2, 0.25) is 0 Å². The molecular weight excluding hydrogens is 368 g/mol. The van der Waals surface area contributed by atoms with Gasteiger partial charge in [0.2, 0.25) is 0 Å². The largest absolute Gasteiger partial charge is 0.711 e. The Morgan fingerprint density at radius 3 is 2.89 bits per heavy atom. The molecule has 2 aromatic heterocycles. The summed E-state index contributed by atoms with van der Waals surface area (Å²) in [7, 11) is 0. The Hall–Kier alpha value is -2.68. The molecule has 4 rings (SSSR count). The van der Waals surface area contributed by atoms with Gasteiger partial charge in [-0.1, -0.05) is 6.07 Å². The van der Waals surface area contributed by atoms with Gasteiger partial charge in [0.25, 0.3) is 11.7 Å². The van der Waals surface area contributed by atoms with Crippen LogP contribution in [0, 0.1) is 16.5 Å². The molecule has 1 atom stereocenters. The fourth-order valence-electron chi connectivity index (χ4n) is 4.03. The predicted octanol–water partition coefficient (Wildman–Crippen LogP) is 0.918. The first-order chi connectivity index (χ1) is 13.0. The van der Waals surface area contributed by atoms with Crippen LogP contribution >= 0.6 is 11.3 Å². The topological polar surface area (TPSA) is 89.7 Å². The van der Waals surface area contributed by atoms with Gasteiger partial charge in [-0.05, 0) is 13.0 Å². The zero-order valence-electron chi connectivity index (χ0n) is 14.9. The quantitative estimate of drug-likeness (QED) is 0.440. The van der Waals surface area contributed by atoms with E-state index >= 15 is 0 Å². The number of ether oxygens (including phenoxy) is 1. The molecule has 2 aliphatic rings. The molecule has 2 fully saturated rings. The van der Waals surface area contributed by atoms with Gasteiger partial charge in [0.15, 0.2) is 0 Å². The predicted molar refractivity (Wildman–Crippen MR) is 98.2 cm³/mol. The third-order valence-electron chi connectivity index (χ3n) is 5.29. The van der Waals surface area contributed by atoms with Crippen LogP contribution in [0.3, 0.4) is 0 Å². The molecule has 0 aromatic carbocycles. The van der Waals surface area contributed by atoms with Crippen LogP contribution < -0.4 is 9.63 Å². The van der Waals surface area contributed by atoms with Gasteiger partial charge in [0.1, 0.15) is 4.88 Å². The summed E-state index contributed by atoms with van der Waals surface area (Å²) >= 11 is 1.29. The van der Waals surface area contributed by atoms with Crippen LogP contribution in [0.5, 0.6) is 0 Å². The van der Waals surface area contributed by atoms with Crippen LogP contribution in [-0.4, -0.2) is 54.5 Å². The normalized spacial score (nSPS) is 20.6. The number of hydrogen-bond donors (Lipinski definition) is 0. The summed E-state index contributed by atoms with van der Waals surface area (Å²) in [5.41, 5.74) is 1.23. The van der Waals surface area contributed by atoms with E-state index in [4.69, 9.17) is 4.74 Å². The Balaban J connectivity index is 1.55. The summed E-state index contributed by atoms with van der Waals surface area (Å²) in [6, 6.07) is 5.25. The number of nitrogens with zero attached hydrogens (tertiary/aromatic N) is 4. The summed E-state index contributed by atoms with van der Waals surface area (Å²) in [4.78, 5) is 33.5. The van der Waals surface area contributed by atoms with Crippen LogP contribution in [0.15, 0.2) is 36.1 Å². The van der Waals surface area contributed by atoms with Crippen LogP contribution in [0.1, 0.15) is 16.6 Å². The van der Waals surface area contributed by atoms with Crippen molar-refractivity contribution in [2.75, 3.05) is 37.7 Å². The molecule has 142 valence electrons. The van der Waals surface area contributed by atoms with Crippen molar-refractivity contribution in [1.82, 2.24) is 9.88 Å². The van der Waals surface area contributed by atoms with Crippen LogP contribution in [-0.2, 0) is 9.53 Å². The standard InChI is InChI=1S/C18H20N4O4S/c1-2-26-17(24)13-8-20(16(23)14-7-19-12-27-14)9-18(13)10-21(11-18)15-5-3-4-6-22(15)25/h3-7,12-13H,2,8-11H2,1H3. The summed E-state index contributed by atoms with van der Waals surface area (Å²) in [5, 5.41) is 12.0. The van der Waals surface area contributed by atoms with Crippen molar-refractivity contribution in [2.45, 2.75) is 6.92 Å². The highest BCUT2D eigenvalue weighted by molar-refractivity contribution is 7.11. The molecule has 0 N–H and O–H groups in total. The average molecular weight is 388 g/mol. The van der Waals surface area contributed by atoms with Gasteiger partial charge in [0.05, 0.1) is 48.9 Å². The Labute approximate surface area is 160 Å². The minimum absolute atomic E-state index is 0.110. The average Bonchev–Trinajstić information content (AvgIpc) is 3.29. The van der Waals surface area contributed by atoms with E-state index in [9.17, 15) is 14.8 Å². The molecule has 27 heavy (non-hydrogen) atoms. The highest BCUT2D eigenvalue weighted by atomic mass is 32.1. The van der Waals surface area contributed by atoms with Crippen molar-refractivity contribution >= 4 is 29.0 Å². The van der Waals surface area contributed by atoms with E-state index < -0.39 is 11.3 Å². The SMILES string of the molecule is CCOC(=O)C1CN(C(=O)c2cncs2)CC12CN(c1cccc[n+]1[O-])C2. The lowest BCUT2D eigenvalue weighted by atomic mass is 9.71. The molecule has 1 spiro atoms. The number of anilines is 1. The van der Waals surface area contributed by atoms with Gasteiger partial charge < -0.3 is 14.8 Å². The zero-order chi connectivity index (χ0) is 19.0. The van der Waals surface area contributed by atoms with Crippen molar-refractivity contribution in [3.05, 3.63) is 46.2 Å². The van der Waals surface area contributed by atoms with Crippen LogP contribution in [0.25, 0.3) is 0 Å². The first-order valence-corrected chi connectivity index (χ1v) is 9.69. The molecule has 0 saturated carbocycles. The van der Waals surface area contributed by atoms with Crippen molar-refractivity contribution in [3.63, 3.8) is 0 Å². The fourth-order valence-corrected chi connectivity index (χ4v) is 4.62. The molecule has 1 unspecified atom stereocenters. The molecule has 1 amide bonds. The lowest BCUT2D eigenvalue weighted by Crippen LogP contribution is -2.64. The number of rotatable bonds is 4. The van der Waals surface area contributed by atoms with Crippen LogP contribution in [0.4, 0.5) is 5.82 Å². The van der Waals surface area contributed by atoms with E-state index in [0.29, 0.717) is 43.5 Å². The summed E-state index contributed by atoms with van der Waals surface area (Å²) in [5.74, 6) is -0.229. The van der Waals surface area contributed by atoms with Gasteiger partial charge >= 0.3 is 5.97 Å². The fraction of sp³-hybridized carbons (Fsp3) is 0.444. The van der Waals surface area contributed by atoms with Crippen molar-refractivity contribution < 1.29 is 19.1 Å². The zero-order valence-corrected chi connectivity index (χ0v) is 15.7. The second-order valence-corrected chi connectivity index (χ2v) is 7.85. The summed E-state index contributed by atoms with van der Waals surface area (Å²) < 4.78 is 6.09. The second kappa shape index (κ2) is 6.80. The van der Waals surface area contributed by atoms with Crippen molar-refractivity contribution in [3.8, 4) is 0 Å². The maximum Gasteiger partial charge on any atom is 0.311 e. The van der Waals surface area contributed by atoms with Gasteiger partial charge in [-0.2, -0.15) is 0 Å². The Kier molecular flexibility index (Phi) is 4.47. The minimum Gasteiger partial charge on any atom is -0.711 e. The maximum absolute atomic E-state index is 12.7. The van der Waals surface area contributed by atoms with E-state index in [0.717, 1.165) is 4.73 Å². The molecule has 2 aromatic rings. The monoisotopic (exact) mass is 388 g/mol. The van der Waals surface area contributed by atoms with E-state index in [1.807, 2.05) is 11.0 Å². The summed E-state index contributed by atoms with van der Waals surface area (Å²) in [6.45, 7) is 3.95. The number of aromatic nitrogens is 2. The molecule has 0 bridgehead atoms. The number of pyridine rings is 1. The minimum atomic E-state index is -0.394. The lowest BCUT2D eigenvalue weighted by Gasteiger charge is -2.45. The molecule has 8 nitrogen and oxygen atoms in total. The van der Waals surface area contributed by atoms with E-state index in [2.05, 4.69) is 4.98 Å². The number of likely N-dealkylation sites (tertiary alicyclic amines) is 1. The number of esters is 1. The number of carbonyl (C=O) groups excluding carboxylic acids is 2. The highest BCUT2D eigenvalue weighted by Crippen LogP contribution is 2.46. The molecule has 4 heterocycles. The molecule has 9 heteroatoms. The molecule has 2 saturated heterocycles. The summed E-state index contributed by atoms with van der Waals surface area (Å²) in [6.07, 6.45) is 3.01. The van der Waals surface area contributed by atoms with E-state index in [1.165, 1.54) is 17.5 Å². The molecule has 2 aliphatic heterocycles. The first-order valence-electron chi connectivity index (χ1n) is 8.81. The molecular formula is C18H20N4O4S. The highest BCUT2D eigenvalue weighted by Gasteiger charge is 2.62. The van der Waals surface area contributed by atoms with Gasteiger partial charge in [0, 0.05) is 19.2 Å². The van der Waals surface area contributed by atoms with Gasteiger partial charge in [-0.3, -0.25) is 19.5 Å². The third kappa shape index (κ3) is 3.01. The third-order valence-corrected chi connectivity index (χ3v) is 6.05. The molecule has 0 radical (unpaired) electrons. The Morgan fingerprint density at radius 1 is 1.41 bits per heavy atom. The second-order valence-electron chi connectivity index (χ2n) is 6.96. The first kappa shape index (κ1) is 17.7. The number of carbonyl (C=O) groups is 2. The number of amides is 1. The van der Waals surface area contributed by atoms with Crippen molar-refractivity contribution in [1.29, 1.82) is 0 Å². The Morgan fingerprint density at radius 2 is 2.22 bits per heavy atom. The smallest absolute Gasteiger partial charge is 0.311 e. The van der Waals surface area contributed by atoms with Crippen molar-refractivity contribution in [2.24, 2.45) is 11.3 Å². The molecule has 0 aliphatic carbocycles. The lowest BCUT2D eigenvalue weighted by molar-refractivity contribution is -0.593. The Bertz CT molecular complexity index is 851. The number of thiazole rings is 1. The van der Waals surface area contributed by atoms with Gasteiger partial charge in [-0.15, -0.1) is 11.3 Å². The maximum atomic E-state index is 12.7. The van der Waals surface area contributed by atoms with E-state index in [1.54, 1.807) is 35.7 Å². The number of hydrogen-bond acceptors (Lipinski definition) is 7. The van der Waals surface area contributed by atoms with Gasteiger partial charge in [-0.25, -0.2) is 4.73 Å². The van der Waals surface area contributed by atoms with E-state index in [-0.39, 0.29) is 11.9 Å².